The summed E-state index contributed by atoms with van der Waals surface area (Å²) in [5, 5.41) is 11.9. The summed E-state index contributed by atoms with van der Waals surface area (Å²) in [5.74, 6) is 0.986. The van der Waals surface area contributed by atoms with Gasteiger partial charge in [-0.15, -0.1) is 0 Å². The van der Waals surface area contributed by atoms with Crippen LogP contribution >= 0.6 is 0 Å². The number of benzene rings is 2. The summed E-state index contributed by atoms with van der Waals surface area (Å²) in [6.45, 7) is 7.09. The Morgan fingerprint density at radius 3 is 2.47 bits per heavy atom. The predicted octanol–water partition coefficient (Wildman–Crippen LogP) is 5.02. The number of hydrogen-bond acceptors (Lipinski definition) is 6. The van der Waals surface area contributed by atoms with Gasteiger partial charge in [0.05, 0.1) is 13.7 Å². The van der Waals surface area contributed by atoms with E-state index in [9.17, 15) is 14.9 Å². The third kappa shape index (κ3) is 8.28. The average molecular weight is 465 g/mol. The number of nitrogens with one attached hydrogen (secondary N) is 1. The lowest BCUT2D eigenvalue weighted by molar-refractivity contribution is -0.134. The van der Waals surface area contributed by atoms with Crippen LogP contribution < -0.4 is 19.5 Å². The van der Waals surface area contributed by atoms with Gasteiger partial charge in [-0.3, -0.25) is 9.59 Å². The standard InChI is InChI=1S/C27H32N2O5/c1-5-14-29-27(31)22(18-28)16-20-8-13-24(25(17-20)32-4)34-26(30)7-6-15-33-23-11-9-21(10-12-23)19(2)3/h8-13,16-17,19H,5-7,14-15H2,1-4H3,(H,29,31)/b22-16+. The molecule has 0 aliphatic carbocycles. The molecule has 7 nitrogen and oxygen atoms in total. The molecule has 0 bridgehead atoms. The van der Waals surface area contributed by atoms with Crippen molar-refractivity contribution in [3.05, 3.63) is 59.2 Å². The smallest absolute Gasteiger partial charge is 0.311 e. The molecule has 0 fully saturated rings. The highest BCUT2D eigenvalue weighted by Gasteiger charge is 2.13. The fraction of sp³-hybridized carbons (Fsp3) is 0.370. The number of methoxy groups -OCH3 is 1. The van der Waals surface area contributed by atoms with Crippen LogP contribution in [0.5, 0.6) is 17.2 Å². The van der Waals surface area contributed by atoms with Gasteiger partial charge in [-0.05, 0) is 60.2 Å². The van der Waals surface area contributed by atoms with Gasteiger partial charge in [0.2, 0.25) is 0 Å². The number of nitrogens with zero attached hydrogens (tertiary/aromatic N) is 1. The topological polar surface area (TPSA) is 97.7 Å². The number of amides is 1. The van der Waals surface area contributed by atoms with E-state index in [0.717, 1.165) is 12.2 Å². The normalized spacial score (nSPS) is 11.0. The zero-order valence-electron chi connectivity index (χ0n) is 20.2. The van der Waals surface area contributed by atoms with Crippen molar-refractivity contribution in [2.45, 2.75) is 46.0 Å². The Morgan fingerprint density at radius 2 is 1.85 bits per heavy atom. The largest absolute Gasteiger partial charge is 0.494 e. The van der Waals surface area contributed by atoms with Gasteiger partial charge in [-0.25, -0.2) is 0 Å². The Labute approximate surface area is 201 Å². The summed E-state index contributed by atoms with van der Waals surface area (Å²) in [6, 6.07) is 14.7. The van der Waals surface area contributed by atoms with Crippen LogP contribution in [-0.2, 0) is 9.59 Å². The fourth-order valence-electron chi connectivity index (χ4n) is 3.04. The van der Waals surface area contributed by atoms with E-state index in [2.05, 4.69) is 19.2 Å². The van der Waals surface area contributed by atoms with E-state index in [1.165, 1.54) is 18.7 Å². The first-order valence-corrected chi connectivity index (χ1v) is 11.4. The van der Waals surface area contributed by atoms with Gasteiger partial charge in [0.15, 0.2) is 11.5 Å². The van der Waals surface area contributed by atoms with Crippen molar-refractivity contribution < 1.29 is 23.8 Å². The molecule has 0 aliphatic heterocycles. The van der Waals surface area contributed by atoms with Crippen LogP contribution in [0.25, 0.3) is 6.08 Å². The van der Waals surface area contributed by atoms with Crippen LogP contribution in [0.4, 0.5) is 0 Å². The van der Waals surface area contributed by atoms with E-state index in [1.54, 1.807) is 18.2 Å². The van der Waals surface area contributed by atoms with Gasteiger partial charge in [-0.1, -0.05) is 39.0 Å². The summed E-state index contributed by atoms with van der Waals surface area (Å²) >= 11 is 0. The molecule has 7 heteroatoms. The predicted molar refractivity (Wildman–Crippen MR) is 131 cm³/mol. The highest BCUT2D eigenvalue weighted by atomic mass is 16.6. The van der Waals surface area contributed by atoms with E-state index in [0.29, 0.717) is 36.8 Å². The molecule has 0 atom stereocenters. The summed E-state index contributed by atoms with van der Waals surface area (Å²) in [6.07, 6.45) is 2.93. The molecule has 0 radical (unpaired) electrons. The summed E-state index contributed by atoms with van der Waals surface area (Å²) < 4.78 is 16.5. The van der Waals surface area contributed by atoms with Gasteiger partial charge in [-0.2, -0.15) is 5.26 Å². The van der Waals surface area contributed by atoms with Crippen molar-refractivity contribution in [2.75, 3.05) is 20.3 Å². The third-order valence-corrected chi connectivity index (χ3v) is 4.96. The maximum atomic E-state index is 12.3. The van der Waals surface area contributed by atoms with Gasteiger partial charge >= 0.3 is 5.97 Å². The summed E-state index contributed by atoms with van der Waals surface area (Å²) in [7, 11) is 1.46. The molecule has 180 valence electrons. The Balaban J connectivity index is 1.90. The van der Waals surface area contributed by atoms with E-state index in [4.69, 9.17) is 14.2 Å². The second-order valence-corrected chi connectivity index (χ2v) is 7.99. The Kier molecular flexibility index (Phi) is 10.7. The molecule has 0 saturated heterocycles. The van der Waals surface area contributed by atoms with Gasteiger partial charge in [0.25, 0.3) is 5.91 Å². The number of carbonyl (C=O) groups excluding carboxylic acids is 2. The monoisotopic (exact) mass is 464 g/mol. The Hall–Kier alpha value is -3.79. The molecule has 0 unspecified atom stereocenters. The van der Waals surface area contributed by atoms with Gasteiger partial charge in [0.1, 0.15) is 17.4 Å². The molecule has 2 aromatic rings. The van der Waals surface area contributed by atoms with Gasteiger partial charge < -0.3 is 19.5 Å². The van der Waals surface area contributed by atoms with Crippen molar-refractivity contribution in [1.82, 2.24) is 5.32 Å². The Morgan fingerprint density at radius 1 is 1.12 bits per heavy atom. The average Bonchev–Trinajstić information content (AvgIpc) is 2.84. The molecule has 0 spiro atoms. The fourth-order valence-corrected chi connectivity index (χ4v) is 3.04. The first-order valence-electron chi connectivity index (χ1n) is 11.4. The van der Waals surface area contributed by atoms with E-state index in [1.807, 2.05) is 37.3 Å². The molecule has 0 saturated carbocycles. The van der Waals surface area contributed by atoms with Crippen LogP contribution in [0.15, 0.2) is 48.0 Å². The van der Waals surface area contributed by atoms with Crippen LogP contribution in [0.1, 0.15) is 57.1 Å². The minimum Gasteiger partial charge on any atom is -0.494 e. The lowest BCUT2D eigenvalue weighted by atomic mass is 10.0. The van der Waals surface area contributed by atoms with E-state index < -0.39 is 11.9 Å². The molecule has 2 aromatic carbocycles. The minimum absolute atomic E-state index is 0.0147. The maximum absolute atomic E-state index is 12.3. The lowest BCUT2D eigenvalue weighted by Crippen LogP contribution is -2.25. The second kappa shape index (κ2) is 13.7. The van der Waals surface area contributed by atoms with Crippen LogP contribution in [-0.4, -0.2) is 32.1 Å². The van der Waals surface area contributed by atoms with Crippen molar-refractivity contribution in [1.29, 1.82) is 5.26 Å². The highest BCUT2D eigenvalue weighted by Crippen LogP contribution is 2.29. The van der Waals surface area contributed by atoms with Crippen molar-refractivity contribution in [3.8, 4) is 23.3 Å². The summed E-state index contributed by atoms with van der Waals surface area (Å²) in [5.41, 5.74) is 1.81. The number of nitriles is 1. The molecule has 34 heavy (non-hydrogen) atoms. The number of carbonyl (C=O) groups is 2. The molecule has 1 amide bonds. The molecule has 2 rings (SSSR count). The van der Waals surface area contributed by atoms with Crippen LogP contribution in [0.3, 0.4) is 0 Å². The molecule has 0 heterocycles. The van der Waals surface area contributed by atoms with Gasteiger partial charge in [0, 0.05) is 13.0 Å². The number of rotatable bonds is 12. The Bertz CT molecular complexity index is 1040. The summed E-state index contributed by atoms with van der Waals surface area (Å²) in [4.78, 5) is 24.3. The first kappa shape index (κ1) is 26.5. The molecular formula is C27H32N2O5. The number of ether oxygens (including phenoxy) is 3. The van der Waals surface area contributed by atoms with Crippen molar-refractivity contribution >= 4 is 18.0 Å². The first-order chi connectivity index (χ1) is 16.4. The maximum Gasteiger partial charge on any atom is 0.311 e. The lowest BCUT2D eigenvalue weighted by Gasteiger charge is -2.11. The third-order valence-electron chi connectivity index (χ3n) is 4.96. The molecular weight excluding hydrogens is 432 g/mol. The quantitative estimate of drug-likeness (QED) is 0.156. The SMILES string of the molecule is CCCNC(=O)/C(C#N)=C/c1ccc(OC(=O)CCCOc2ccc(C(C)C)cc2)c(OC)c1. The highest BCUT2D eigenvalue weighted by molar-refractivity contribution is 6.01. The number of hydrogen-bond donors (Lipinski definition) is 1. The minimum atomic E-state index is -0.433. The molecule has 1 N–H and O–H groups in total. The van der Waals surface area contributed by atoms with Crippen LogP contribution in [0, 0.1) is 11.3 Å². The van der Waals surface area contributed by atoms with Crippen molar-refractivity contribution in [3.63, 3.8) is 0 Å². The van der Waals surface area contributed by atoms with E-state index >= 15 is 0 Å². The number of esters is 1. The van der Waals surface area contributed by atoms with E-state index in [-0.39, 0.29) is 17.7 Å². The van der Waals surface area contributed by atoms with Crippen molar-refractivity contribution in [2.24, 2.45) is 0 Å². The molecule has 0 aromatic heterocycles. The molecule has 0 aliphatic rings. The van der Waals surface area contributed by atoms with Crippen LogP contribution in [0.2, 0.25) is 0 Å². The zero-order chi connectivity index (χ0) is 24.9. The second-order valence-electron chi connectivity index (χ2n) is 7.99. The zero-order valence-corrected chi connectivity index (χ0v) is 20.2.